The summed E-state index contributed by atoms with van der Waals surface area (Å²) in [6, 6.07) is 9.21. The van der Waals surface area contributed by atoms with Gasteiger partial charge in [-0.3, -0.25) is 4.90 Å². The second kappa shape index (κ2) is 8.08. The molecule has 0 saturated carbocycles. The first-order chi connectivity index (χ1) is 10.7. The maximum absolute atomic E-state index is 12.1. The monoisotopic (exact) mass is 301 g/mol. The lowest BCUT2D eigenvalue weighted by atomic mass is 10.2. The minimum absolute atomic E-state index is 0.230. The molecule has 0 bridgehead atoms. The molecule has 0 N–H and O–H groups in total. The number of nitrogens with zero attached hydrogens (tertiary/aromatic N) is 1. The van der Waals surface area contributed by atoms with Crippen molar-refractivity contribution in [2.24, 2.45) is 0 Å². The van der Waals surface area contributed by atoms with Gasteiger partial charge in [-0.1, -0.05) is 36.3 Å². The topological polar surface area (TPSA) is 55.8 Å². The maximum Gasteiger partial charge on any atom is 0.411 e. The number of hydrogen-bond acceptors (Lipinski definition) is 4. The number of rotatable bonds is 3. The second-order valence-electron chi connectivity index (χ2n) is 4.88. The Kier molecular flexibility index (Phi) is 5.84. The van der Waals surface area contributed by atoms with Crippen molar-refractivity contribution < 1.29 is 19.1 Å². The fourth-order valence-corrected chi connectivity index (χ4v) is 2.25. The lowest BCUT2D eigenvalue weighted by molar-refractivity contribution is -0.136. The molecule has 2 rings (SSSR count). The second-order valence-corrected chi connectivity index (χ2v) is 4.88. The van der Waals surface area contributed by atoms with Crippen LogP contribution in [0.25, 0.3) is 0 Å². The Morgan fingerprint density at radius 2 is 2.05 bits per heavy atom. The molecule has 0 aromatic heterocycles. The van der Waals surface area contributed by atoms with Crippen molar-refractivity contribution in [2.45, 2.75) is 32.4 Å². The Balaban J connectivity index is 1.89. The molecule has 1 aromatic rings. The molecule has 1 aliphatic rings. The summed E-state index contributed by atoms with van der Waals surface area (Å²) in [6.07, 6.45) is 1.19. The number of benzene rings is 1. The largest absolute Gasteiger partial charge is 0.456 e. The number of ether oxygens (including phenoxy) is 2. The molecule has 1 aliphatic heterocycles. The van der Waals surface area contributed by atoms with Gasteiger partial charge in [0.25, 0.3) is 0 Å². The van der Waals surface area contributed by atoms with Crippen molar-refractivity contribution in [3.63, 3.8) is 0 Å². The Hall–Kier alpha value is -2.48. The van der Waals surface area contributed by atoms with Gasteiger partial charge in [-0.2, -0.15) is 0 Å². The van der Waals surface area contributed by atoms with Crippen LogP contribution in [0.4, 0.5) is 4.79 Å². The van der Waals surface area contributed by atoms with E-state index in [2.05, 4.69) is 11.8 Å². The molecule has 0 radical (unpaired) electrons. The highest BCUT2D eigenvalue weighted by Gasteiger charge is 2.28. The van der Waals surface area contributed by atoms with E-state index in [-0.39, 0.29) is 12.6 Å². The van der Waals surface area contributed by atoms with Crippen molar-refractivity contribution in [2.75, 3.05) is 13.2 Å². The summed E-state index contributed by atoms with van der Waals surface area (Å²) in [5.41, 5.74) is 0.934. The van der Waals surface area contributed by atoms with Crippen molar-refractivity contribution >= 4 is 12.1 Å². The highest BCUT2D eigenvalue weighted by atomic mass is 16.6. The molecule has 1 fully saturated rings. The van der Waals surface area contributed by atoms with E-state index in [0.29, 0.717) is 13.2 Å². The van der Waals surface area contributed by atoms with E-state index in [0.717, 1.165) is 18.4 Å². The van der Waals surface area contributed by atoms with E-state index in [4.69, 9.17) is 9.47 Å². The van der Waals surface area contributed by atoms with E-state index in [1.807, 2.05) is 30.3 Å². The van der Waals surface area contributed by atoms with Gasteiger partial charge in [-0.25, -0.2) is 9.59 Å². The van der Waals surface area contributed by atoms with Gasteiger partial charge in [0.15, 0.2) is 0 Å². The minimum atomic E-state index is -0.563. The number of carbonyl (C=O) groups is 2. The molecule has 0 aliphatic carbocycles. The predicted octanol–water partition coefficient (Wildman–Crippen LogP) is 2.35. The Bertz CT molecular complexity index is 573. The number of likely N-dealkylation sites (tertiary alicyclic amines) is 1. The first-order valence-electron chi connectivity index (χ1n) is 7.36. The number of hydrogen-bond donors (Lipinski definition) is 0. The van der Waals surface area contributed by atoms with Gasteiger partial charge in [0.2, 0.25) is 0 Å². The lowest BCUT2D eigenvalue weighted by Gasteiger charge is -2.20. The molecule has 116 valence electrons. The Labute approximate surface area is 130 Å². The van der Waals surface area contributed by atoms with Crippen LogP contribution in [0.3, 0.4) is 0 Å². The molecule has 1 heterocycles. The smallest absolute Gasteiger partial charge is 0.411 e. The first-order valence-corrected chi connectivity index (χ1v) is 7.36. The molecule has 1 amide bonds. The van der Waals surface area contributed by atoms with Gasteiger partial charge in [0.05, 0.1) is 12.6 Å². The maximum atomic E-state index is 12.1. The Morgan fingerprint density at radius 1 is 1.27 bits per heavy atom. The third-order valence-electron chi connectivity index (χ3n) is 3.31. The zero-order valence-corrected chi connectivity index (χ0v) is 12.6. The molecule has 1 saturated heterocycles. The van der Waals surface area contributed by atoms with Crippen LogP contribution in [-0.2, 0) is 20.9 Å². The van der Waals surface area contributed by atoms with E-state index < -0.39 is 12.1 Å². The lowest BCUT2D eigenvalue weighted by Crippen LogP contribution is -2.35. The Morgan fingerprint density at radius 3 is 2.77 bits per heavy atom. The van der Waals surface area contributed by atoms with Crippen LogP contribution < -0.4 is 0 Å². The molecule has 22 heavy (non-hydrogen) atoms. The fourth-order valence-electron chi connectivity index (χ4n) is 2.25. The molecule has 5 heteroatoms. The van der Waals surface area contributed by atoms with Crippen molar-refractivity contribution in [3.05, 3.63) is 35.9 Å². The molecule has 0 unspecified atom stereocenters. The molecular weight excluding hydrogens is 282 g/mol. The standard InChI is InChI=1S/C17H19NO4/c1-2-21-16(19)11-10-15-9-6-12-18(15)17(20)22-13-14-7-4-3-5-8-14/h3-5,7-8,15H,2,6,9,12-13H2,1H3/t15-/m0/s1. The van der Waals surface area contributed by atoms with Gasteiger partial charge < -0.3 is 9.47 Å². The summed E-state index contributed by atoms with van der Waals surface area (Å²) in [7, 11) is 0. The zero-order valence-electron chi connectivity index (χ0n) is 12.6. The third kappa shape index (κ3) is 4.52. The van der Waals surface area contributed by atoms with Gasteiger partial charge in [-0.15, -0.1) is 0 Å². The van der Waals surface area contributed by atoms with Crippen LogP contribution >= 0.6 is 0 Å². The number of amides is 1. The van der Waals surface area contributed by atoms with Crippen LogP contribution in [0.15, 0.2) is 30.3 Å². The summed E-state index contributed by atoms with van der Waals surface area (Å²) < 4.78 is 10.1. The van der Waals surface area contributed by atoms with Crippen molar-refractivity contribution in [1.29, 1.82) is 0 Å². The van der Waals surface area contributed by atoms with Crippen LogP contribution in [0.5, 0.6) is 0 Å². The average molecular weight is 301 g/mol. The summed E-state index contributed by atoms with van der Waals surface area (Å²) in [6.45, 7) is 2.84. The predicted molar refractivity (Wildman–Crippen MR) is 80.8 cm³/mol. The van der Waals surface area contributed by atoms with Crippen LogP contribution in [0.1, 0.15) is 25.3 Å². The van der Waals surface area contributed by atoms with Crippen LogP contribution in [0, 0.1) is 11.8 Å². The molecular formula is C17H19NO4. The number of esters is 1. The fraction of sp³-hybridized carbons (Fsp3) is 0.412. The normalized spacial score (nSPS) is 16.6. The molecule has 5 nitrogen and oxygen atoms in total. The van der Waals surface area contributed by atoms with E-state index >= 15 is 0 Å². The van der Waals surface area contributed by atoms with Gasteiger partial charge >= 0.3 is 12.1 Å². The van der Waals surface area contributed by atoms with Gasteiger partial charge in [-0.05, 0) is 25.3 Å². The minimum Gasteiger partial charge on any atom is -0.456 e. The van der Waals surface area contributed by atoms with E-state index in [1.165, 1.54) is 0 Å². The summed E-state index contributed by atoms with van der Waals surface area (Å²) in [5.74, 6) is 4.66. The van der Waals surface area contributed by atoms with Crippen LogP contribution in [0.2, 0.25) is 0 Å². The third-order valence-corrected chi connectivity index (χ3v) is 3.31. The highest BCUT2D eigenvalue weighted by Crippen LogP contribution is 2.18. The molecule has 1 atom stereocenters. The van der Waals surface area contributed by atoms with E-state index in [9.17, 15) is 9.59 Å². The SMILES string of the molecule is CCOC(=O)C#C[C@@H]1CCCN1C(=O)OCc1ccccc1. The van der Waals surface area contributed by atoms with Gasteiger partial charge in [0.1, 0.15) is 6.61 Å². The highest BCUT2D eigenvalue weighted by molar-refractivity contribution is 5.88. The quantitative estimate of drug-likeness (QED) is 0.488. The van der Waals surface area contributed by atoms with E-state index in [1.54, 1.807) is 11.8 Å². The summed E-state index contributed by atoms with van der Waals surface area (Å²) in [5, 5.41) is 0. The first kappa shape index (κ1) is 15.9. The number of carbonyl (C=O) groups excluding carboxylic acids is 2. The van der Waals surface area contributed by atoms with Crippen LogP contribution in [-0.4, -0.2) is 36.2 Å². The van der Waals surface area contributed by atoms with Crippen molar-refractivity contribution in [3.8, 4) is 11.8 Å². The van der Waals surface area contributed by atoms with Crippen molar-refractivity contribution in [1.82, 2.24) is 4.90 Å². The zero-order chi connectivity index (χ0) is 15.8. The summed E-state index contributed by atoms with van der Waals surface area (Å²) >= 11 is 0. The average Bonchev–Trinajstić information content (AvgIpc) is 3.00. The molecule has 0 spiro atoms. The summed E-state index contributed by atoms with van der Waals surface area (Å²) in [4.78, 5) is 24.9. The van der Waals surface area contributed by atoms with Gasteiger partial charge in [0, 0.05) is 12.5 Å². The molecule has 1 aromatic carbocycles.